The van der Waals surface area contributed by atoms with E-state index in [0.29, 0.717) is 35.5 Å². The van der Waals surface area contributed by atoms with Crippen LogP contribution in [0.25, 0.3) is 0 Å². The van der Waals surface area contributed by atoms with Gasteiger partial charge in [0.2, 0.25) is 0 Å². The molecule has 3 rings (SSSR count). The average molecular weight is 455 g/mol. The third-order valence-electron chi connectivity index (χ3n) is 4.45. The number of rotatable bonds is 9. The van der Waals surface area contributed by atoms with Gasteiger partial charge in [0.05, 0.1) is 16.8 Å². The van der Waals surface area contributed by atoms with Gasteiger partial charge in [0, 0.05) is 24.6 Å². The Balaban J connectivity index is 1.78. The van der Waals surface area contributed by atoms with E-state index in [0.717, 1.165) is 36.1 Å². The molecule has 2 N–H and O–H groups in total. The monoisotopic (exact) mass is 454 g/mol. The number of thioether (sulfide) groups is 1. The lowest BCUT2D eigenvalue weighted by Crippen LogP contribution is -2.27. The summed E-state index contributed by atoms with van der Waals surface area (Å²) in [5, 5.41) is 6.96. The standard InChI is InChI=1S/C19H23ClN4O3S2/c1-3-27-9-5-8-21-16(25)14-11-6-4-7-13(11)29-18(14)24-17(26)15-12(20)10-22-19(23-15)28-2/h10H,3-9H2,1-2H3,(H,21,25)(H,24,26). The number of aromatic nitrogens is 2. The summed E-state index contributed by atoms with van der Waals surface area (Å²) < 4.78 is 5.30. The molecule has 0 saturated heterocycles. The Labute approximate surface area is 183 Å². The number of thiophene rings is 1. The van der Waals surface area contributed by atoms with Gasteiger partial charge in [-0.25, -0.2) is 9.97 Å². The number of ether oxygens (including phenoxy) is 1. The smallest absolute Gasteiger partial charge is 0.276 e. The molecule has 2 aromatic rings. The quantitative estimate of drug-likeness (QED) is 0.340. The molecule has 156 valence electrons. The molecule has 29 heavy (non-hydrogen) atoms. The molecule has 0 bridgehead atoms. The van der Waals surface area contributed by atoms with Crippen LogP contribution < -0.4 is 10.6 Å². The molecule has 0 fully saturated rings. The van der Waals surface area contributed by atoms with Crippen molar-refractivity contribution in [3.05, 3.63) is 32.9 Å². The molecule has 0 radical (unpaired) electrons. The third-order valence-corrected chi connectivity index (χ3v) is 6.50. The molecule has 10 heteroatoms. The Morgan fingerprint density at radius 3 is 2.93 bits per heavy atom. The van der Waals surface area contributed by atoms with Crippen LogP contribution in [-0.2, 0) is 17.6 Å². The predicted octanol–water partition coefficient (Wildman–Crippen LogP) is 3.81. The zero-order valence-corrected chi connectivity index (χ0v) is 18.7. The lowest BCUT2D eigenvalue weighted by atomic mass is 10.1. The summed E-state index contributed by atoms with van der Waals surface area (Å²) in [6, 6.07) is 0. The molecule has 0 aromatic carbocycles. The highest BCUT2D eigenvalue weighted by Gasteiger charge is 2.28. The SMILES string of the molecule is CCOCCCNC(=O)c1c(NC(=O)c2nc(SC)ncc2Cl)sc2c1CCC2. The minimum atomic E-state index is -0.446. The van der Waals surface area contributed by atoms with Crippen molar-refractivity contribution in [1.82, 2.24) is 15.3 Å². The number of fused-ring (bicyclic) bond motifs is 1. The van der Waals surface area contributed by atoms with Crippen molar-refractivity contribution >= 4 is 51.5 Å². The first-order valence-corrected chi connectivity index (χ1v) is 11.8. The zero-order chi connectivity index (χ0) is 20.8. The lowest BCUT2D eigenvalue weighted by Gasteiger charge is -2.10. The molecule has 2 aromatic heterocycles. The first-order chi connectivity index (χ1) is 14.0. The highest BCUT2D eigenvalue weighted by atomic mass is 35.5. The number of amides is 2. The molecule has 0 spiro atoms. The van der Waals surface area contributed by atoms with E-state index >= 15 is 0 Å². The van der Waals surface area contributed by atoms with E-state index < -0.39 is 5.91 Å². The summed E-state index contributed by atoms with van der Waals surface area (Å²) in [5.74, 6) is -0.618. The Bertz CT molecular complexity index is 904. The molecule has 1 aliphatic carbocycles. The molecule has 2 amide bonds. The van der Waals surface area contributed by atoms with E-state index in [9.17, 15) is 9.59 Å². The summed E-state index contributed by atoms with van der Waals surface area (Å²) in [6.45, 7) is 3.72. The highest BCUT2D eigenvalue weighted by Crippen LogP contribution is 2.39. The van der Waals surface area contributed by atoms with E-state index in [-0.39, 0.29) is 16.6 Å². The minimum Gasteiger partial charge on any atom is -0.382 e. The summed E-state index contributed by atoms with van der Waals surface area (Å²) in [6.07, 6.45) is 6.76. The van der Waals surface area contributed by atoms with Gasteiger partial charge < -0.3 is 15.4 Å². The molecular weight excluding hydrogens is 432 g/mol. The number of aryl methyl sites for hydroxylation is 1. The van der Waals surface area contributed by atoms with E-state index in [4.69, 9.17) is 16.3 Å². The Hall–Kier alpha value is -1.68. The number of halogens is 1. The first-order valence-electron chi connectivity index (χ1n) is 9.43. The number of hydrogen-bond acceptors (Lipinski definition) is 7. The van der Waals surface area contributed by atoms with Gasteiger partial charge in [0.15, 0.2) is 10.9 Å². The van der Waals surface area contributed by atoms with Crippen molar-refractivity contribution in [1.29, 1.82) is 0 Å². The molecule has 0 atom stereocenters. The van der Waals surface area contributed by atoms with Crippen molar-refractivity contribution in [2.75, 3.05) is 31.3 Å². The summed E-state index contributed by atoms with van der Waals surface area (Å²) >= 11 is 8.90. The number of hydrogen-bond donors (Lipinski definition) is 2. The van der Waals surface area contributed by atoms with Crippen LogP contribution in [0.2, 0.25) is 5.02 Å². The van der Waals surface area contributed by atoms with Crippen molar-refractivity contribution in [2.24, 2.45) is 0 Å². The van der Waals surface area contributed by atoms with Crippen LogP contribution in [0.1, 0.15) is 51.1 Å². The van der Waals surface area contributed by atoms with Gasteiger partial charge in [-0.05, 0) is 44.4 Å². The lowest BCUT2D eigenvalue weighted by molar-refractivity contribution is 0.0944. The van der Waals surface area contributed by atoms with E-state index in [1.165, 1.54) is 29.3 Å². The van der Waals surface area contributed by atoms with Gasteiger partial charge in [-0.2, -0.15) is 0 Å². The summed E-state index contributed by atoms with van der Waals surface area (Å²) in [5.41, 5.74) is 1.69. The fourth-order valence-corrected chi connectivity index (χ4v) is 4.91. The predicted molar refractivity (Wildman–Crippen MR) is 117 cm³/mol. The van der Waals surface area contributed by atoms with E-state index in [1.54, 1.807) is 0 Å². The third kappa shape index (κ3) is 5.28. The second-order valence-corrected chi connectivity index (χ2v) is 8.66. The largest absolute Gasteiger partial charge is 0.382 e. The van der Waals surface area contributed by atoms with Crippen LogP contribution in [0.4, 0.5) is 5.00 Å². The number of carbonyl (C=O) groups excluding carboxylic acids is 2. The summed E-state index contributed by atoms with van der Waals surface area (Å²) in [7, 11) is 0. The molecule has 7 nitrogen and oxygen atoms in total. The van der Waals surface area contributed by atoms with Gasteiger partial charge >= 0.3 is 0 Å². The van der Waals surface area contributed by atoms with E-state index in [1.807, 2.05) is 13.2 Å². The van der Waals surface area contributed by atoms with Crippen LogP contribution in [0.5, 0.6) is 0 Å². The minimum absolute atomic E-state index is 0.0997. The normalized spacial score (nSPS) is 12.7. The van der Waals surface area contributed by atoms with Gasteiger partial charge in [-0.3, -0.25) is 9.59 Å². The number of nitrogens with one attached hydrogen (secondary N) is 2. The molecule has 0 saturated carbocycles. The maximum atomic E-state index is 12.9. The number of carbonyl (C=O) groups is 2. The van der Waals surface area contributed by atoms with Crippen molar-refractivity contribution < 1.29 is 14.3 Å². The van der Waals surface area contributed by atoms with Crippen LogP contribution in [0, 0.1) is 0 Å². The maximum Gasteiger partial charge on any atom is 0.276 e. The highest BCUT2D eigenvalue weighted by molar-refractivity contribution is 7.98. The molecule has 0 aliphatic heterocycles. The second kappa shape index (κ2) is 10.4. The van der Waals surface area contributed by atoms with Crippen molar-refractivity contribution in [2.45, 2.75) is 37.8 Å². The molecule has 0 unspecified atom stereocenters. The number of anilines is 1. The van der Waals surface area contributed by atoms with E-state index in [2.05, 4.69) is 20.6 Å². The van der Waals surface area contributed by atoms with Crippen LogP contribution >= 0.6 is 34.7 Å². The Morgan fingerprint density at radius 1 is 1.34 bits per heavy atom. The van der Waals surface area contributed by atoms with Gasteiger partial charge in [-0.1, -0.05) is 23.4 Å². The topological polar surface area (TPSA) is 93.2 Å². The van der Waals surface area contributed by atoms with Gasteiger partial charge in [-0.15, -0.1) is 11.3 Å². The summed E-state index contributed by atoms with van der Waals surface area (Å²) in [4.78, 5) is 35.1. The van der Waals surface area contributed by atoms with Crippen molar-refractivity contribution in [3.8, 4) is 0 Å². The number of nitrogens with zero attached hydrogens (tertiary/aromatic N) is 2. The van der Waals surface area contributed by atoms with Crippen LogP contribution in [0.15, 0.2) is 11.4 Å². The van der Waals surface area contributed by atoms with Crippen molar-refractivity contribution in [3.63, 3.8) is 0 Å². The second-order valence-electron chi connectivity index (χ2n) is 6.38. The molecular formula is C19H23ClN4O3S2. The average Bonchev–Trinajstić information content (AvgIpc) is 3.28. The fraction of sp³-hybridized carbons (Fsp3) is 0.474. The molecule has 2 heterocycles. The fourth-order valence-electron chi connectivity index (χ4n) is 3.11. The van der Waals surface area contributed by atoms with Gasteiger partial charge in [0.1, 0.15) is 5.00 Å². The van der Waals surface area contributed by atoms with Crippen LogP contribution in [-0.4, -0.2) is 47.8 Å². The Morgan fingerprint density at radius 2 is 2.17 bits per heavy atom. The first kappa shape index (κ1) is 22.0. The zero-order valence-electron chi connectivity index (χ0n) is 16.3. The maximum absolute atomic E-state index is 12.9. The Kier molecular flexibility index (Phi) is 7.88. The van der Waals surface area contributed by atoms with Gasteiger partial charge in [0.25, 0.3) is 11.8 Å². The van der Waals surface area contributed by atoms with Crippen LogP contribution in [0.3, 0.4) is 0 Å². The molecule has 1 aliphatic rings.